The number of hydrogen-bond donors (Lipinski definition) is 0. The topological polar surface area (TPSA) is 17.8 Å². The summed E-state index contributed by atoms with van der Waals surface area (Å²) in [5, 5.41) is -0.0520. The van der Waals surface area contributed by atoms with Gasteiger partial charge in [-0.05, 0) is 65.6 Å². The molecule has 5 heteroatoms. The van der Waals surface area contributed by atoms with Crippen LogP contribution in [0.2, 0.25) is 0 Å². The lowest BCUT2D eigenvalue weighted by molar-refractivity contribution is 0.658. The van der Waals surface area contributed by atoms with Crippen LogP contribution in [0.1, 0.15) is 31.5 Å². The van der Waals surface area contributed by atoms with Crippen LogP contribution in [-0.2, 0) is 6.54 Å². The first kappa shape index (κ1) is 15.4. The van der Waals surface area contributed by atoms with Crippen LogP contribution in [-0.4, -0.2) is 21.1 Å². The minimum atomic E-state index is -0.0520. The fourth-order valence-corrected chi connectivity index (χ4v) is 3.39. The van der Waals surface area contributed by atoms with Crippen LogP contribution < -0.4 is 0 Å². The molecular formula is C14H18ClIN2S. The van der Waals surface area contributed by atoms with Gasteiger partial charge in [0.05, 0.1) is 16.4 Å². The Labute approximate surface area is 137 Å². The second-order valence-corrected chi connectivity index (χ2v) is 7.72. The Kier molecular flexibility index (Phi) is 5.84. The molecule has 0 aliphatic carbocycles. The third-order valence-corrected chi connectivity index (χ3v) is 4.82. The van der Waals surface area contributed by atoms with Gasteiger partial charge in [-0.2, -0.15) is 11.8 Å². The van der Waals surface area contributed by atoms with E-state index >= 15 is 0 Å². The molecule has 1 heterocycles. The van der Waals surface area contributed by atoms with Gasteiger partial charge >= 0.3 is 0 Å². The lowest BCUT2D eigenvalue weighted by Gasteiger charge is -2.10. The standard InChI is InChI=1S/C14H18ClIN2S/c1-3-19-8-4-7-18-13-6-5-11(16)9-12(13)17-14(18)10(2)15/h5-6,9-10H,3-4,7-8H2,1-2H3. The number of halogens is 2. The highest BCUT2D eigenvalue weighted by Crippen LogP contribution is 2.26. The molecule has 1 atom stereocenters. The van der Waals surface area contributed by atoms with E-state index < -0.39 is 0 Å². The number of rotatable bonds is 6. The first-order valence-electron chi connectivity index (χ1n) is 6.51. The maximum atomic E-state index is 6.27. The summed E-state index contributed by atoms with van der Waals surface area (Å²) < 4.78 is 3.49. The molecular weight excluding hydrogens is 391 g/mol. The van der Waals surface area contributed by atoms with Crippen molar-refractivity contribution >= 4 is 57.0 Å². The second-order valence-electron chi connectivity index (χ2n) is 4.42. The van der Waals surface area contributed by atoms with Crippen LogP contribution in [0.25, 0.3) is 11.0 Å². The minimum absolute atomic E-state index is 0.0520. The summed E-state index contributed by atoms with van der Waals surface area (Å²) in [7, 11) is 0. The Balaban J connectivity index is 2.30. The maximum absolute atomic E-state index is 6.27. The number of alkyl halides is 1. The first-order chi connectivity index (χ1) is 9.13. The fraction of sp³-hybridized carbons (Fsp3) is 0.500. The molecule has 1 aromatic carbocycles. The van der Waals surface area contributed by atoms with E-state index in [0.29, 0.717) is 0 Å². The van der Waals surface area contributed by atoms with Crippen molar-refractivity contribution in [3.63, 3.8) is 0 Å². The van der Waals surface area contributed by atoms with Crippen molar-refractivity contribution in [2.24, 2.45) is 0 Å². The van der Waals surface area contributed by atoms with Crippen molar-refractivity contribution in [1.82, 2.24) is 9.55 Å². The van der Waals surface area contributed by atoms with Crippen molar-refractivity contribution in [2.75, 3.05) is 11.5 Å². The lowest BCUT2D eigenvalue weighted by atomic mass is 10.3. The summed E-state index contributed by atoms with van der Waals surface area (Å²) in [6, 6.07) is 6.40. The van der Waals surface area contributed by atoms with Crippen LogP contribution in [0.3, 0.4) is 0 Å². The van der Waals surface area contributed by atoms with Gasteiger partial charge in [-0.3, -0.25) is 0 Å². The third-order valence-electron chi connectivity index (χ3n) is 2.97. The van der Waals surface area contributed by atoms with E-state index in [1.165, 1.54) is 20.6 Å². The molecule has 19 heavy (non-hydrogen) atoms. The summed E-state index contributed by atoms with van der Waals surface area (Å²) in [6.07, 6.45) is 1.16. The van der Waals surface area contributed by atoms with Gasteiger partial charge in [0, 0.05) is 10.1 Å². The van der Waals surface area contributed by atoms with Crippen LogP contribution in [0.4, 0.5) is 0 Å². The van der Waals surface area contributed by atoms with Crippen LogP contribution >= 0.6 is 46.0 Å². The molecule has 0 spiro atoms. The first-order valence-corrected chi connectivity index (χ1v) is 9.18. The van der Waals surface area contributed by atoms with Gasteiger partial charge in [0.25, 0.3) is 0 Å². The van der Waals surface area contributed by atoms with Crippen LogP contribution in [0.5, 0.6) is 0 Å². The largest absolute Gasteiger partial charge is 0.327 e. The van der Waals surface area contributed by atoms with Gasteiger partial charge in [0.1, 0.15) is 5.82 Å². The average molecular weight is 409 g/mol. The Bertz CT molecular complexity index is 554. The molecule has 2 aromatic rings. The number of benzene rings is 1. The molecule has 0 saturated carbocycles. The van der Waals surface area contributed by atoms with E-state index in [0.717, 1.165) is 24.3 Å². The van der Waals surface area contributed by atoms with Gasteiger partial charge in [-0.1, -0.05) is 6.92 Å². The Morgan fingerprint density at radius 3 is 2.95 bits per heavy atom. The molecule has 0 radical (unpaired) electrons. The smallest absolute Gasteiger partial charge is 0.127 e. The maximum Gasteiger partial charge on any atom is 0.127 e. The van der Waals surface area contributed by atoms with Gasteiger partial charge in [-0.15, -0.1) is 11.6 Å². The molecule has 0 amide bonds. The normalized spacial score (nSPS) is 13.1. The summed E-state index contributed by atoms with van der Waals surface area (Å²) >= 11 is 10.6. The van der Waals surface area contributed by atoms with E-state index in [4.69, 9.17) is 16.6 Å². The minimum Gasteiger partial charge on any atom is -0.327 e. The molecule has 2 nitrogen and oxygen atoms in total. The SMILES string of the molecule is CCSCCCn1c(C(C)Cl)nc2cc(I)ccc21. The van der Waals surface area contributed by atoms with Crippen molar-refractivity contribution in [2.45, 2.75) is 32.2 Å². The molecule has 0 fully saturated rings. The summed E-state index contributed by atoms with van der Waals surface area (Å²) in [6.45, 7) is 5.19. The summed E-state index contributed by atoms with van der Waals surface area (Å²) in [5.74, 6) is 3.36. The zero-order chi connectivity index (χ0) is 13.8. The van der Waals surface area contributed by atoms with Gasteiger partial charge in [0.2, 0.25) is 0 Å². The molecule has 1 unspecified atom stereocenters. The average Bonchev–Trinajstić information content (AvgIpc) is 2.72. The molecule has 0 aliphatic rings. The quantitative estimate of drug-likeness (QED) is 0.377. The number of hydrogen-bond acceptors (Lipinski definition) is 2. The number of thioether (sulfide) groups is 1. The van der Waals surface area contributed by atoms with Crippen molar-refractivity contribution in [3.05, 3.63) is 27.6 Å². The zero-order valence-corrected chi connectivity index (χ0v) is 14.9. The number of imidazole rings is 1. The Morgan fingerprint density at radius 1 is 1.47 bits per heavy atom. The van der Waals surface area contributed by atoms with E-state index in [2.05, 4.69) is 52.3 Å². The van der Waals surface area contributed by atoms with Crippen LogP contribution in [0.15, 0.2) is 18.2 Å². The highest BCUT2D eigenvalue weighted by molar-refractivity contribution is 14.1. The monoisotopic (exact) mass is 408 g/mol. The Morgan fingerprint density at radius 2 is 2.26 bits per heavy atom. The second kappa shape index (κ2) is 7.18. The lowest BCUT2D eigenvalue weighted by Crippen LogP contribution is -2.05. The Hall–Kier alpha value is 0.0600. The third kappa shape index (κ3) is 3.79. The summed E-state index contributed by atoms with van der Waals surface area (Å²) in [4.78, 5) is 4.69. The highest BCUT2D eigenvalue weighted by atomic mass is 127. The van der Waals surface area contributed by atoms with E-state index in [-0.39, 0.29) is 5.38 Å². The van der Waals surface area contributed by atoms with Gasteiger partial charge in [0.15, 0.2) is 0 Å². The molecule has 0 aliphatic heterocycles. The van der Waals surface area contributed by atoms with Crippen molar-refractivity contribution in [3.8, 4) is 0 Å². The predicted molar refractivity (Wildman–Crippen MR) is 94.3 cm³/mol. The zero-order valence-electron chi connectivity index (χ0n) is 11.2. The predicted octanol–water partition coefficient (Wildman–Crippen LogP) is 5.08. The summed E-state index contributed by atoms with van der Waals surface area (Å²) in [5.41, 5.74) is 2.25. The molecule has 2 rings (SSSR count). The molecule has 0 bridgehead atoms. The van der Waals surface area contributed by atoms with Gasteiger partial charge < -0.3 is 4.57 Å². The molecule has 0 N–H and O–H groups in total. The van der Waals surface area contributed by atoms with Crippen LogP contribution in [0, 0.1) is 3.57 Å². The molecule has 0 saturated heterocycles. The van der Waals surface area contributed by atoms with E-state index in [9.17, 15) is 0 Å². The molecule has 1 aromatic heterocycles. The van der Waals surface area contributed by atoms with Gasteiger partial charge in [-0.25, -0.2) is 4.98 Å². The number of fused-ring (bicyclic) bond motifs is 1. The highest BCUT2D eigenvalue weighted by Gasteiger charge is 2.14. The molecule has 104 valence electrons. The van der Waals surface area contributed by atoms with E-state index in [1.807, 2.05) is 18.7 Å². The number of aromatic nitrogens is 2. The van der Waals surface area contributed by atoms with Crippen molar-refractivity contribution < 1.29 is 0 Å². The van der Waals surface area contributed by atoms with E-state index in [1.54, 1.807) is 0 Å². The van der Waals surface area contributed by atoms with Crippen molar-refractivity contribution in [1.29, 1.82) is 0 Å². The number of nitrogens with zero attached hydrogens (tertiary/aromatic N) is 2. The number of aryl methyl sites for hydroxylation is 1. The fourth-order valence-electron chi connectivity index (χ4n) is 2.13.